The number of thiol groups is 1. The van der Waals surface area contributed by atoms with E-state index in [1.165, 1.54) is 19.1 Å². The topological polar surface area (TPSA) is 329 Å². The normalized spacial score (nSPS) is 45.6. The lowest BCUT2D eigenvalue weighted by atomic mass is 9.55. The number of fused-ring (bicyclic) bond motifs is 3. The smallest absolute Gasteiger partial charge is 0.214 e. The molecule has 17 atom stereocenters. The van der Waals surface area contributed by atoms with E-state index >= 15 is 4.79 Å². The van der Waals surface area contributed by atoms with Crippen LogP contribution in [0.4, 0.5) is 0 Å². The first-order chi connectivity index (χ1) is 27.3. The van der Waals surface area contributed by atoms with Gasteiger partial charge in [0.05, 0.1) is 47.4 Å². The van der Waals surface area contributed by atoms with Gasteiger partial charge in [-0.1, -0.05) is 12.1 Å². The Labute approximate surface area is 334 Å². The molecule has 1 saturated carbocycles. The highest BCUT2D eigenvalue weighted by molar-refractivity contribution is 7.81. The molecule has 21 heteroatoms. The number of aliphatic hydroxyl groups excluding tert-OH is 9. The van der Waals surface area contributed by atoms with Gasteiger partial charge in [0, 0.05) is 24.0 Å². The van der Waals surface area contributed by atoms with Gasteiger partial charge in [-0.2, -0.15) is 12.6 Å². The van der Waals surface area contributed by atoms with Gasteiger partial charge in [0.15, 0.2) is 35.3 Å². The van der Waals surface area contributed by atoms with Gasteiger partial charge in [-0.3, -0.25) is 14.4 Å². The van der Waals surface area contributed by atoms with E-state index < -0.39 is 173 Å². The summed E-state index contributed by atoms with van der Waals surface area (Å²) in [5.74, 6) is -5.19. The fourth-order valence-corrected chi connectivity index (χ4v) is 8.90. The number of aliphatic hydroxyl groups is 10. The van der Waals surface area contributed by atoms with E-state index in [0.29, 0.717) is 0 Å². The van der Waals surface area contributed by atoms with Crippen LogP contribution in [0.25, 0.3) is 0 Å². The molecule has 3 saturated heterocycles. The molecule has 6 aliphatic rings. The molecule has 11 N–H and O–H groups in total. The van der Waals surface area contributed by atoms with E-state index in [0.717, 1.165) is 19.1 Å². The summed E-state index contributed by atoms with van der Waals surface area (Å²) in [7, 11) is 0. The summed E-state index contributed by atoms with van der Waals surface area (Å²) in [6.07, 6.45) is -23.5. The summed E-state index contributed by atoms with van der Waals surface area (Å²) in [6, 6.07) is 3.53. The number of hydrogen-bond acceptors (Lipinski definition) is 21. The van der Waals surface area contributed by atoms with Gasteiger partial charge in [-0.15, -0.1) is 0 Å². The van der Waals surface area contributed by atoms with Crippen LogP contribution in [0.3, 0.4) is 0 Å². The number of hydrogen-bond donors (Lipinski definition) is 12. The Morgan fingerprint density at radius 3 is 2.10 bits per heavy atom. The van der Waals surface area contributed by atoms with Crippen LogP contribution < -0.4 is 0 Å². The maximum absolute atomic E-state index is 15.3. The SMILES string of the molecule is C[C@@H]1O[C@H](O[C@@]23C(=O)[C@H](O)[C@](C)(O)C[C@]2(O[C@H]2O[C@@H](CO)[C@@H](O)[C@H](O)[C@H]2O)C(O[C@@H]2O[C@H](CO)[C@@H](O)[C@H](O)[C@H]2S)=CC2=C3C(=O)c3cccc(O)c3C2=O)CC[C@@H]1O. The number of aromatic hydroxyl groups is 1. The lowest BCUT2D eigenvalue weighted by Gasteiger charge is -2.60. The second-order valence-electron chi connectivity index (χ2n) is 15.6. The number of phenolic OH excluding ortho intramolecular Hbond substituents is 1. The molecule has 0 spiro atoms. The lowest BCUT2D eigenvalue weighted by molar-refractivity contribution is -0.368. The number of ether oxygens (including phenoxy) is 6. The fraction of sp³-hybridized carbons (Fsp3) is 0.649. The highest BCUT2D eigenvalue weighted by Crippen LogP contribution is 2.59. The number of rotatable bonds is 8. The van der Waals surface area contributed by atoms with Gasteiger partial charge in [-0.25, -0.2) is 0 Å². The van der Waals surface area contributed by atoms with Gasteiger partial charge < -0.3 is 84.6 Å². The predicted molar refractivity (Wildman–Crippen MR) is 191 cm³/mol. The van der Waals surface area contributed by atoms with Crippen molar-refractivity contribution < 1.29 is 99.0 Å². The number of Topliss-reactive ketones (excluding diaryl/α,β-unsaturated/α-hetero) is 3. The Bertz CT molecular complexity index is 1880. The van der Waals surface area contributed by atoms with Gasteiger partial charge in [0.1, 0.15) is 60.3 Å². The van der Waals surface area contributed by atoms with Crippen molar-refractivity contribution in [3.63, 3.8) is 0 Å². The van der Waals surface area contributed by atoms with Gasteiger partial charge in [0.25, 0.3) is 0 Å². The number of carbonyl (C=O) groups excluding carboxylic acids is 3. The summed E-state index contributed by atoms with van der Waals surface area (Å²) in [4.78, 5) is 44.9. The van der Waals surface area contributed by atoms with Crippen molar-refractivity contribution in [2.45, 2.75) is 135 Å². The molecule has 0 unspecified atom stereocenters. The van der Waals surface area contributed by atoms with E-state index in [1.807, 2.05) is 0 Å². The average molecular weight is 843 g/mol. The summed E-state index contributed by atoms with van der Waals surface area (Å²) in [5, 5.41) is 118. The van der Waals surface area contributed by atoms with Crippen LogP contribution in [0.2, 0.25) is 0 Å². The van der Waals surface area contributed by atoms with E-state index in [4.69, 9.17) is 28.4 Å². The van der Waals surface area contributed by atoms with Crippen molar-refractivity contribution in [3.8, 4) is 5.75 Å². The van der Waals surface area contributed by atoms with Crippen LogP contribution in [0, 0.1) is 0 Å². The number of allylic oxidation sites excluding steroid dienone is 2. The first-order valence-electron chi connectivity index (χ1n) is 18.6. The third-order valence-corrected chi connectivity index (χ3v) is 12.4. The molecule has 4 fully saturated rings. The van der Waals surface area contributed by atoms with Gasteiger partial charge >= 0.3 is 0 Å². The largest absolute Gasteiger partial charge is 0.507 e. The van der Waals surface area contributed by atoms with Gasteiger partial charge in [0.2, 0.25) is 12.1 Å². The molecule has 320 valence electrons. The second-order valence-corrected chi connectivity index (χ2v) is 16.2. The lowest BCUT2D eigenvalue weighted by Crippen LogP contribution is -2.79. The van der Waals surface area contributed by atoms with Crippen LogP contribution in [-0.2, 0) is 33.2 Å². The molecule has 7 rings (SSSR count). The maximum atomic E-state index is 15.3. The molecule has 0 amide bonds. The summed E-state index contributed by atoms with van der Waals surface area (Å²) < 4.78 is 36.8. The molecule has 0 bridgehead atoms. The third-order valence-electron chi connectivity index (χ3n) is 11.8. The van der Waals surface area contributed by atoms with Gasteiger partial charge in [-0.05, 0) is 32.4 Å². The molecular weight excluding hydrogens is 796 g/mol. The zero-order valence-electron chi connectivity index (χ0n) is 31.0. The molecule has 3 heterocycles. The van der Waals surface area contributed by atoms with Crippen LogP contribution in [-0.4, -0.2) is 189 Å². The maximum Gasteiger partial charge on any atom is 0.214 e. The van der Waals surface area contributed by atoms with Crippen LogP contribution in [0.15, 0.2) is 41.2 Å². The first kappa shape index (κ1) is 43.2. The first-order valence-corrected chi connectivity index (χ1v) is 19.1. The molecule has 0 radical (unpaired) electrons. The molecule has 0 aromatic heterocycles. The molecule has 20 nitrogen and oxygen atoms in total. The summed E-state index contributed by atoms with van der Waals surface area (Å²) in [5.41, 5.74) is -11.2. The molecule has 3 aliphatic heterocycles. The average Bonchev–Trinajstić information content (AvgIpc) is 3.18. The second kappa shape index (κ2) is 15.5. The fourth-order valence-electron chi connectivity index (χ4n) is 8.59. The Morgan fingerprint density at radius 1 is 0.828 bits per heavy atom. The van der Waals surface area contributed by atoms with Crippen LogP contribution in [0.5, 0.6) is 5.75 Å². The number of phenols is 1. The Morgan fingerprint density at radius 2 is 1.47 bits per heavy atom. The monoisotopic (exact) mass is 842 g/mol. The van der Waals surface area contributed by atoms with Crippen LogP contribution in [0.1, 0.15) is 53.8 Å². The Hall–Kier alpha value is -2.94. The minimum absolute atomic E-state index is 0.00830. The molecule has 3 aliphatic carbocycles. The minimum Gasteiger partial charge on any atom is -0.507 e. The van der Waals surface area contributed by atoms with Crippen molar-refractivity contribution in [2.75, 3.05) is 13.2 Å². The number of benzene rings is 1. The van der Waals surface area contributed by atoms with Crippen LogP contribution >= 0.6 is 12.6 Å². The number of ketones is 3. The van der Waals surface area contributed by atoms with E-state index in [9.17, 15) is 65.8 Å². The highest BCUT2D eigenvalue weighted by Gasteiger charge is 2.77. The summed E-state index contributed by atoms with van der Waals surface area (Å²) >= 11 is 4.35. The van der Waals surface area contributed by atoms with E-state index in [2.05, 4.69) is 12.6 Å². The third kappa shape index (κ3) is 6.47. The van der Waals surface area contributed by atoms with Crippen molar-refractivity contribution in [1.82, 2.24) is 0 Å². The van der Waals surface area contributed by atoms with Crippen molar-refractivity contribution in [1.29, 1.82) is 0 Å². The zero-order valence-corrected chi connectivity index (χ0v) is 31.9. The van der Waals surface area contributed by atoms with Crippen molar-refractivity contribution in [3.05, 3.63) is 52.3 Å². The number of carbonyl (C=O) groups is 3. The van der Waals surface area contributed by atoms with Crippen molar-refractivity contribution >= 4 is 30.0 Å². The van der Waals surface area contributed by atoms with E-state index in [-0.39, 0.29) is 12.8 Å². The van der Waals surface area contributed by atoms with E-state index in [1.54, 1.807) is 0 Å². The molecule has 1 aromatic carbocycles. The van der Waals surface area contributed by atoms with Crippen molar-refractivity contribution in [2.24, 2.45) is 0 Å². The molecule has 58 heavy (non-hydrogen) atoms. The molecule has 1 aromatic rings. The summed E-state index contributed by atoms with van der Waals surface area (Å²) in [6.45, 7) is 0.623. The Kier molecular flexibility index (Phi) is 11.5. The zero-order chi connectivity index (χ0) is 42.4. The predicted octanol–water partition coefficient (Wildman–Crippen LogP) is -4.00. The quantitative estimate of drug-likeness (QED) is 0.111. The Balaban J connectivity index is 1.54. The highest BCUT2D eigenvalue weighted by atomic mass is 32.1. The minimum atomic E-state index is -3.22. The molecular formula is C37H46O20S. The standard InChI is InChI=1S/C37H46O20S/c1-12-15(40)6-7-20(52-12)56-37-22-14(23(42)21-13(24(22)43)4-3-5-16(21)41)8-19(55-34-30(58)28(47)26(45)18(10-39)54-34)36(37,11-35(2,51)31(49)32(37)50)57-33-29(48)27(46)25(44)17(9-38)53-33/h3-5,8,12,15,17-18,20,25-31,33-34,38-41,44-49,51,58H,6-7,9-11H2,1-2H3/t12-,15-,17-,18+,20+,25+,26+,27-,28-,29+,30+,31-,33+,34-,35+,36-,37-/m0/s1.